The van der Waals surface area contributed by atoms with Gasteiger partial charge in [-0.25, -0.2) is 0 Å². The zero-order valence-corrected chi connectivity index (χ0v) is 16.6. The Morgan fingerprint density at radius 1 is 1.42 bits per heavy atom. The zero-order valence-electron chi connectivity index (χ0n) is 14.2. The van der Waals surface area contributed by atoms with Crippen LogP contribution in [0.3, 0.4) is 0 Å². The van der Waals surface area contributed by atoms with E-state index < -0.39 is 23.5 Å². The fraction of sp³-hybridized carbons (Fsp3) is 0.438. The van der Waals surface area contributed by atoms with Gasteiger partial charge in [0.15, 0.2) is 6.29 Å². The Morgan fingerprint density at radius 3 is 2.85 bits per heavy atom. The minimum absolute atomic E-state index is 0.0844. The first kappa shape index (κ1) is 19.2. The minimum atomic E-state index is -0.697. The van der Waals surface area contributed by atoms with Crippen LogP contribution in [0.4, 0.5) is 0 Å². The largest absolute Gasteiger partial charge is 0.354 e. The van der Waals surface area contributed by atoms with Crippen molar-refractivity contribution < 1.29 is 14.3 Å². The number of hydrogen-bond donors (Lipinski definition) is 2. The summed E-state index contributed by atoms with van der Waals surface area (Å²) in [4.78, 5) is 40.3. The Hall–Kier alpha value is -1.62. The fourth-order valence-electron chi connectivity index (χ4n) is 2.92. The first-order chi connectivity index (χ1) is 12.4. The SMILES string of the molecule is COC(CNC(=O)CC1CSc2cc(Br)cc3[nH]c(=O)c(=O)n1c23)OC. The molecule has 140 valence electrons. The van der Waals surface area contributed by atoms with Gasteiger partial charge in [0, 0.05) is 35.8 Å². The topological polar surface area (TPSA) is 102 Å². The molecule has 1 amide bonds. The third kappa shape index (κ3) is 3.73. The third-order valence-electron chi connectivity index (χ3n) is 4.15. The van der Waals surface area contributed by atoms with E-state index >= 15 is 0 Å². The lowest BCUT2D eigenvalue weighted by molar-refractivity contribution is -0.128. The Balaban J connectivity index is 1.91. The lowest BCUT2D eigenvalue weighted by Crippen LogP contribution is -2.42. The van der Waals surface area contributed by atoms with Crippen molar-refractivity contribution >= 4 is 44.6 Å². The molecule has 0 saturated carbocycles. The molecule has 10 heteroatoms. The van der Waals surface area contributed by atoms with E-state index in [2.05, 4.69) is 26.2 Å². The number of nitrogens with zero attached hydrogens (tertiary/aromatic N) is 1. The summed E-state index contributed by atoms with van der Waals surface area (Å²) in [6, 6.07) is 3.25. The van der Waals surface area contributed by atoms with E-state index in [0.29, 0.717) is 16.8 Å². The molecule has 0 aliphatic carbocycles. The molecule has 2 N–H and O–H groups in total. The quantitative estimate of drug-likeness (QED) is 0.513. The van der Waals surface area contributed by atoms with E-state index in [1.807, 2.05) is 6.07 Å². The Morgan fingerprint density at radius 2 is 2.15 bits per heavy atom. The number of ether oxygens (including phenoxy) is 2. The van der Waals surface area contributed by atoms with Crippen LogP contribution in [0.25, 0.3) is 11.0 Å². The van der Waals surface area contributed by atoms with E-state index in [0.717, 1.165) is 9.37 Å². The molecule has 0 spiro atoms. The lowest BCUT2D eigenvalue weighted by atomic mass is 10.2. The molecule has 1 aliphatic rings. The first-order valence-corrected chi connectivity index (χ1v) is 9.65. The van der Waals surface area contributed by atoms with Crippen LogP contribution in [0.1, 0.15) is 12.5 Å². The number of nitrogens with one attached hydrogen (secondary N) is 2. The molecule has 2 heterocycles. The highest BCUT2D eigenvalue weighted by atomic mass is 79.9. The van der Waals surface area contributed by atoms with Gasteiger partial charge in [0.1, 0.15) is 0 Å². The number of hydrogen-bond acceptors (Lipinski definition) is 6. The summed E-state index contributed by atoms with van der Waals surface area (Å²) in [5, 5.41) is 2.72. The molecule has 8 nitrogen and oxygen atoms in total. The summed E-state index contributed by atoms with van der Waals surface area (Å²) in [6.07, 6.45) is -0.451. The lowest BCUT2D eigenvalue weighted by Gasteiger charge is -2.27. The van der Waals surface area contributed by atoms with Gasteiger partial charge in [-0.05, 0) is 12.1 Å². The monoisotopic (exact) mass is 443 g/mol. The zero-order chi connectivity index (χ0) is 18.8. The van der Waals surface area contributed by atoms with Gasteiger partial charge in [0.2, 0.25) is 5.91 Å². The normalized spacial score (nSPS) is 16.2. The van der Waals surface area contributed by atoms with Crippen molar-refractivity contribution in [2.45, 2.75) is 23.6 Å². The molecular formula is C16H18BrN3O5S. The number of aromatic amines is 1. The average molecular weight is 444 g/mol. The van der Waals surface area contributed by atoms with Gasteiger partial charge < -0.3 is 19.8 Å². The average Bonchev–Trinajstić information content (AvgIpc) is 2.61. The molecule has 1 aromatic heterocycles. The number of amides is 1. The van der Waals surface area contributed by atoms with E-state index in [9.17, 15) is 14.4 Å². The summed E-state index contributed by atoms with van der Waals surface area (Å²) in [5.41, 5.74) is -0.127. The molecule has 3 rings (SSSR count). The van der Waals surface area contributed by atoms with Crippen molar-refractivity contribution in [1.82, 2.24) is 14.9 Å². The van der Waals surface area contributed by atoms with E-state index in [-0.39, 0.29) is 18.9 Å². The predicted molar refractivity (Wildman–Crippen MR) is 102 cm³/mol. The van der Waals surface area contributed by atoms with Crippen LogP contribution in [0.2, 0.25) is 0 Å². The number of benzene rings is 1. The number of carbonyl (C=O) groups is 1. The minimum Gasteiger partial charge on any atom is -0.354 e. The molecule has 1 aromatic carbocycles. The van der Waals surface area contributed by atoms with Crippen LogP contribution >= 0.6 is 27.7 Å². The van der Waals surface area contributed by atoms with E-state index in [1.165, 1.54) is 18.8 Å². The van der Waals surface area contributed by atoms with Gasteiger partial charge in [0.05, 0.1) is 23.6 Å². The number of rotatable bonds is 6. The molecule has 0 radical (unpaired) electrons. The third-order valence-corrected chi connectivity index (χ3v) is 5.78. The summed E-state index contributed by atoms with van der Waals surface area (Å²) in [5.74, 6) is 0.281. The predicted octanol–water partition coefficient (Wildman–Crippen LogP) is 1.22. The highest BCUT2D eigenvalue weighted by Crippen LogP contribution is 2.37. The van der Waals surface area contributed by atoms with Crippen molar-refractivity contribution in [3.8, 4) is 0 Å². The number of halogens is 1. The number of thioether (sulfide) groups is 1. The number of aromatic nitrogens is 2. The van der Waals surface area contributed by atoms with Crippen molar-refractivity contribution in [3.05, 3.63) is 37.3 Å². The number of H-pyrrole nitrogens is 1. The molecule has 0 saturated heterocycles. The van der Waals surface area contributed by atoms with Crippen molar-refractivity contribution in [3.63, 3.8) is 0 Å². The first-order valence-electron chi connectivity index (χ1n) is 7.87. The second-order valence-corrected chi connectivity index (χ2v) is 7.78. The molecule has 1 unspecified atom stereocenters. The number of methoxy groups -OCH3 is 2. The molecule has 0 bridgehead atoms. The van der Waals surface area contributed by atoms with Gasteiger partial charge >= 0.3 is 11.1 Å². The number of carbonyl (C=O) groups excluding carboxylic acids is 1. The smallest absolute Gasteiger partial charge is 0.317 e. The molecule has 1 aliphatic heterocycles. The van der Waals surface area contributed by atoms with Crippen LogP contribution in [0.15, 0.2) is 31.1 Å². The van der Waals surface area contributed by atoms with Crippen molar-refractivity contribution in [1.29, 1.82) is 0 Å². The van der Waals surface area contributed by atoms with Gasteiger partial charge in [-0.15, -0.1) is 11.8 Å². The highest BCUT2D eigenvalue weighted by Gasteiger charge is 2.27. The van der Waals surface area contributed by atoms with Crippen LogP contribution in [-0.4, -0.2) is 48.3 Å². The molecule has 26 heavy (non-hydrogen) atoms. The van der Waals surface area contributed by atoms with Gasteiger partial charge in [-0.2, -0.15) is 0 Å². The van der Waals surface area contributed by atoms with E-state index in [1.54, 1.807) is 17.8 Å². The maximum absolute atomic E-state index is 12.5. The van der Waals surface area contributed by atoms with Crippen molar-refractivity contribution in [2.75, 3.05) is 26.5 Å². The Labute approximate surface area is 161 Å². The summed E-state index contributed by atoms with van der Waals surface area (Å²) >= 11 is 4.96. The van der Waals surface area contributed by atoms with Gasteiger partial charge in [-0.3, -0.25) is 19.0 Å². The molecule has 1 atom stereocenters. The van der Waals surface area contributed by atoms with Crippen LogP contribution < -0.4 is 16.4 Å². The maximum atomic E-state index is 12.5. The second-order valence-electron chi connectivity index (χ2n) is 5.80. The summed E-state index contributed by atoms with van der Waals surface area (Å²) < 4.78 is 12.3. The van der Waals surface area contributed by atoms with Crippen molar-refractivity contribution in [2.24, 2.45) is 0 Å². The Kier molecular flexibility index (Phi) is 5.86. The van der Waals surface area contributed by atoms with Gasteiger partial charge in [0.25, 0.3) is 0 Å². The van der Waals surface area contributed by atoms with Crippen LogP contribution in [0.5, 0.6) is 0 Å². The van der Waals surface area contributed by atoms with E-state index in [4.69, 9.17) is 9.47 Å². The molecule has 2 aromatic rings. The second kappa shape index (κ2) is 7.95. The van der Waals surface area contributed by atoms with Gasteiger partial charge in [-0.1, -0.05) is 15.9 Å². The highest BCUT2D eigenvalue weighted by molar-refractivity contribution is 9.10. The maximum Gasteiger partial charge on any atom is 0.317 e. The van der Waals surface area contributed by atoms with Crippen LogP contribution in [0, 0.1) is 0 Å². The summed E-state index contributed by atoms with van der Waals surface area (Å²) in [6.45, 7) is 0.203. The standard InChI is InChI=1S/C16H18BrN3O5S/c1-24-13(25-2)6-18-12(21)5-9-7-26-11-4-8(17)3-10-14(11)20(9)16(23)15(22)19-10/h3-4,9,13H,5-7H2,1-2H3,(H,18,21)(H,19,22). The fourth-order valence-corrected chi connectivity index (χ4v) is 4.72. The Bertz CT molecular complexity index is 953. The summed E-state index contributed by atoms with van der Waals surface area (Å²) in [7, 11) is 2.97. The molecular weight excluding hydrogens is 426 g/mol. The van der Waals surface area contributed by atoms with Crippen LogP contribution in [-0.2, 0) is 14.3 Å². The molecule has 0 fully saturated rings.